The van der Waals surface area contributed by atoms with E-state index in [9.17, 15) is 19.2 Å². The topological polar surface area (TPSA) is 126 Å². The lowest BCUT2D eigenvalue weighted by Gasteiger charge is -2.38. The van der Waals surface area contributed by atoms with Crippen LogP contribution in [-0.4, -0.2) is 77.4 Å². The van der Waals surface area contributed by atoms with Crippen molar-refractivity contribution in [1.29, 1.82) is 0 Å². The number of hydrogen-bond donors (Lipinski definition) is 2. The molecule has 52 heavy (non-hydrogen) atoms. The van der Waals surface area contributed by atoms with Crippen LogP contribution >= 0.6 is 11.6 Å². The van der Waals surface area contributed by atoms with Gasteiger partial charge in [0, 0.05) is 35.9 Å². The second kappa shape index (κ2) is 16.9. The Morgan fingerprint density at radius 2 is 1.81 bits per heavy atom. The highest BCUT2D eigenvalue weighted by molar-refractivity contribution is 6.39. The van der Waals surface area contributed by atoms with Gasteiger partial charge in [-0.2, -0.15) is 0 Å². The molecule has 2 amide bonds. The van der Waals surface area contributed by atoms with E-state index in [-0.39, 0.29) is 37.3 Å². The van der Waals surface area contributed by atoms with Gasteiger partial charge in [0.15, 0.2) is 5.60 Å². The van der Waals surface area contributed by atoms with Crippen LogP contribution in [0.25, 0.3) is 0 Å². The van der Waals surface area contributed by atoms with Crippen molar-refractivity contribution >= 4 is 40.7 Å². The van der Waals surface area contributed by atoms with Gasteiger partial charge >= 0.3 is 0 Å². The van der Waals surface area contributed by atoms with Crippen molar-refractivity contribution in [3.8, 4) is 5.75 Å². The van der Waals surface area contributed by atoms with Gasteiger partial charge in [0.05, 0.1) is 31.4 Å². The zero-order valence-electron chi connectivity index (χ0n) is 31.5. The Bertz CT molecular complexity index is 1650. The van der Waals surface area contributed by atoms with Crippen molar-refractivity contribution < 1.29 is 28.8 Å². The summed E-state index contributed by atoms with van der Waals surface area (Å²) < 4.78 is 5.33. The smallest absolute Gasteiger partial charge is 0.243 e. The van der Waals surface area contributed by atoms with Crippen molar-refractivity contribution in [2.24, 2.45) is 10.6 Å². The van der Waals surface area contributed by atoms with Gasteiger partial charge in [-0.3, -0.25) is 19.2 Å². The molecule has 2 aliphatic heterocycles. The summed E-state index contributed by atoms with van der Waals surface area (Å²) in [5.74, 6) is -1.40. The summed E-state index contributed by atoms with van der Waals surface area (Å²) in [6, 6.07) is 12.5. The Morgan fingerprint density at radius 3 is 2.48 bits per heavy atom. The molecular weight excluding hydrogens is 680 g/mol. The number of nitrogens with one attached hydrogen (secondary N) is 2. The molecule has 2 heterocycles. The highest BCUT2D eigenvalue weighted by Crippen LogP contribution is 2.40. The Balaban J connectivity index is 1.37. The summed E-state index contributed by atoms with van der Waals surface area (Å²) in [5.41, 5.74) is 1.01. The predicted octanol–water partition coefficient (Wildman–Crippen LogP) is 6.77. The van der Waals surface area contributed by atoms with Crippen molar-refractivity contribution in [2.75, 3.05) is 13.7 Å². The van der Waals surface area contributed by atoms with E-state index in [0.717, 1.165) is 36.8 Å². The SMILES string of the molecule is CCC[C@H](NC(=O)[C@@H]1C[C@]2(CC(c3cccc(Cl)c3)=NO2)CN1C(=O)[C@@H](NC1CCCCC1)C(C)(C)C)C(=O)C(=O)C[C@H](C)c1cccc(OC)c1. The lowest BCUT2D eigenvalue weighted by molar-refractivity contribution is -0.144. The summed E-state index contributed by atoms with van der Waals surface area (Å²) >= 11 is 6.29. The third-order valence-electron chi connectivity index (χ3n) is 10.7. The summed E-state index contributed by atoms with van der Waals surface area (Å²) in [4.78, 5) is 64.0. The second-order valence-electron chi connectivity index (χ2n) is 16.0. The fraction of sp³-hybridized carbons (Fsp3) is 0.585. The summed E-state index contributed by atoms with van der Waals surface area (Å²) in [6.07, 6.45) is 6.85. The quantitative estimate of drug-likeness (QED) is 0.205. The number of ether oxygens (including phenoxy) is 1. The summed E-state index contributed by atoms with van der Waals surface area (Å²) in [5, 5.41) is 11.6. The van der Waals surface area contributed by atoms with E-state index in [1.165, 1.54) is 6.42 Å². The number of likely N-dealkylation sites (tertiary alicyclic amines) is 1. The maximum atomic E-state index is 14.7. The highest BCUT2D eigenvalue weighted by Gasteiger charge is 2.55. The number of rotatable bonds is 14. The molecule has 1 saturated carbocycles. The van der Waals surface area contributed by atoms with E-state index in [1.807, 2.05) is 77.1 Å². The molecule has 2 aromatic rings. The molecule has 282 valence electrons. The minimum absolute atomic E-state index is 0.00318. The number of carbonyl (C=O) groups excluding carboxylic acids is 4. The highest BCUT2D eigenvalue weighted by atomic mass is 35.5. The monoisotopic (exact) mass is 734 g/mol. The number of halogens is 1. The van der Waals surface area contributed by atoms with Crippen LogP contribution in [0.15, 0.2) is 53.7 Å². The van der Waals surface area contributed by atoms with Crippen LogP contribution in [0.2, 0.25) is 5.02 Å². The average Bonchev–Trinajstić information content (AvgIpc) is 3.73. The van der Waals surface area contributed by atoms with Gasteiger partial charge in [0.2, 0.25) is 23.4 Å². The largest absolute Gasteiger partial charge is 0.497 e. The van der Waals surface area contributed by atoms with Gasteiger partial charge in [-0.15, -0.1) is 0 Å². The number of nitrogens with zero attached hydrogens (tertiary/aromatic N) is 2. The van der Waals surface area contributed by atoms with Crippen molar-refractivity contribution in [2.45, 2.75) is 135 Å². The van der Waals surface area contributed by atoms with Gasteiger partial charge in [0.25, 0.3) is 0 Å². The lowest BCUT2D eigenvalue weighted by atomic mass is 9.83. The number of hydrogen-bond acceptors (Lipinski definition) is 8. The van der Waals surface area contributed by atoms with Crippen LogP contribution in [0.3, 0.4) is 0 Å². The standard InChI is InChI=1S/C41H55ClN4O6/c1-7-13-32(36(48)35(47)20-26(2)27-14-12-19-31(22-27)51-6)44-38(49)34-24-41(23-33(45-52-41)28-15-11-16-29(42)21-28)25-46(34)39(50)37(40(3,4)5)43-30-17-9-8-10-18-30/h11-12,14-16,19,21-22,26,30,32,34,37,43H,7-10,13,17-18,20,23-25H2,1-6H3,(H,44,49)/t26-,32-,34-,37+,41+/m0/s1. The van der Waals surface area contributed by atoms with Crippen molar-refractivity contribution in [3.63, 3.8) is 0 Å². The van der Waals surface area contributed by atoms with Crippen LogP contribution in [0, 0.1) is 5.41 Å². The number of benzene rings is 2. The Morgan fingerprint density at radius 1 is 1.08 bits per heavy atom. The van der Waals surface area contributed by atoms with Gasteiger partial charge in [0.1, 0.15) is 11.8 Å². The normalized spacial score (nSPS) is 22.3. The third kappa shape index (κ3) is 9.42. The molecule has 1 spiro atoms. The van der Waals surface area contributed by atoms with E-state index >= 15 is 0 Å². The van der Waals surface area contributed by atoms with Crippen LogP contribution in [0.1, 0.15) is 116 Å². The van der Waals surface area contributed by atoms with E-state index in [4.69, 9.17) is 21.2 Å². The van der Waals surface area contributed by atoms with E-state index < -0.39 is 46.6 Å². The van der Waals surface area contributed by atoms with Crippen LogP contribution in [0.5, 0.6) is 5.75 Å². The van der Waals surface area contributed by atoms with Crippen molar-refractivity contribution in [3.05, 3.63) is 64.7 Å². The molecule has 0 unspecified atom stereocenters. The molecule has 5 atom stereocenters. The first-order valence-electron chi connectivity index (χ1n) is 18.8. The molecule has 1 saturated heterocycles. The molecule has 0 radical (unpaired) electrons. The Kier molecular flexibility index (Phi) is 12.8. The minimum atomic E-state index is -1.02. The molecule has 2 N–H and O–H groups in total. The number of carbonyl (C=O) groups is 4. The molecule has 5 rings (SSSR count). The number of amides is 2. The molecule has 0 aromatic heterocycles. The number of oxime groups is 1. The van der Waals surface area contributed by atoms with Gasteiger partial charge in [-0.1, -0.05) is 101 Å². The maximum absolute atomic E-state index is 14.7. The third-order valence-corrected chi connectivity index (χ3v) is 11.0. The van der Waals surface area contributed by atoms with Gasteiger partial charge < -0.3 is 25.1 Å². The van der Waals surface area contributed by atoms with Gasteiger partial charge in [-0.25, -0.2) is 0 Å². The average molecular weight is 735 g/mol. The molecule has 0 bridgehead atoms. The minimum Gasteiger partial charge on any atom is -0.497 e. The van der Waals surface area contributed by atoms with Crippen LogP contribution in [0.4, 0.5) is 0 Å². The second-order valence-corrected chi connectivity index (χ2v) is 16.4. The first-order valence-corrected chi connectivity index (χ1v) is 19.2. The van der Waals surface area contributed by atoms with E-state index in [0.29, 0.717) is 35.7 Å². The van der Waals surface area contributed by atoms with Crippen LogP contribution in [-0.2, 0) is 24.0 Å². The lowest BCUT2D eigenvalue weighted by Crippen LogP contribution is -2.59. The molecular formula is C41H55ClN4O6. The zero-order chi connectivity index (χ0) is 37.6. The first kappa shape index (κ1) is 39.4. The maximum Gasteiger partial charge on any atom is 0.243 e. The Hall–Kier alpha value is -3.76. The molecule has 11 heteroatoms. The van der Waals surface area contributed by atoms with Gasteiger partial charge in [-0.05, 0) is 60.4 Å². The summed E-state index contributed by atoms with van der Waals surface area (Å²) in [7, 11) is 1.58. The zero-order valence-corrected chi connectivity index (χ0v) is 32.3. The summed E-state index contributed by atoms with van der Waals surface area (Å²) in [6.45, 7) is 10.1. The fourth-order valence-electron chi connectivity index (χ4n) is 7.78. The van der Waals surface area contributed by atoms with Crippen molar-refractivity contribution in [1.82, 2.24) is 15.5 Å². The van der Waals surface area contributed by atoms with E-state index in [1.54, 1.807) is 18.1 Å². The number of Topliss-reactive ketones (excluding diaryl/α,β-unsaturated/α-hetero) is 2. The molecule has 10 nitrogen and oxygen atoms in total. The Labute approximate surface area is 313 Å². The number of methoxy groups -OCH3 is 1. The molecule has 3 aliphatic rings. The number of ketones is 2. The molecule has 2 fully saturated rings. The predicted molar refractivity (Wildman–Crippen MR) is 203 cm³/mol. The molecule has 2 aromatic carbocycles. The van der Waals surface area contributed by atoms with Crippen LogP contribution < -0.4 is 15.4 Å². The van der Waals surface area contributed by atoms with E-state index in [2.05, 4.69) is 15.8 Å². The fourth-order valence-corrected chi connectivity index (χ4v) is 7.97. The first-order chi connectivity index (χ1) is 24.7. The molecule has 1 aliphatic carbocycles.